The lowest BCUT2D eigenvalue weighted by Crippen LogP contribution is -2.20. The Morgan fingerprint density at radius 3 is 2.31 bits per heavy atom. The van der Waals surface area contributed by atoms with Gasteiger partial charge < -0.3 is 14.8 Å². The van der Waals surface area contributed by atoms with Crippen molar-refractivity contribution in [3.05, 3.63) is 77.9 Å². The number of hydrogen-bond donors (Lipinski definition) is 2. The van der Waals surface area contributed by atoms with Crippen molar-refractivity contribution in [1.82, 2.24) is 0 Å². The van der Waals surface area contributed by atoms with Crippen molar-refractivity contribution in [2.75, 3.05) is 23.3 Å². The second kappa shape index (κ2) is 10.2. The second-order valence-electron chi connectivity index (χ2n) is 7.20. The maximum Gasteiger partial charge on any atom is 0.262 e. The summed E-state index contributed by atoms with van der Waals surface area (Å²) in [4.78, 5) is 12.2. The lowest BCUT2D eigenvalue weighted by Gasteiger charge is -2.13. The van der Waals surface area contributed by atoms with Gasteiger partial charge in [-0.2, -0.15) is 0 Å². The van der Waals surface area contributed by atoms with Gasteiger partial charge in [0.25, 0.3) is 15.9 Å². The van der Waals surface area contributed by atoms with Crippen LogP contribution in [0.25, 0.3) is 0 Å². The molecule has 7 nitrogen and oxygen atoms in total. The maximum absolute atomic E-state index is 12.7. The number of amides is 1. The molecule has 0 aliphatic heterocycles. The molecule has 32 heavy (non-hydrogen) atoms. The Morgan fingerprint density at radius 2 is 1.66 bits per heavy atom. The maximum atomic E-state index is 12.7. The number of nitrogens with one attached hydrogen (secondary N) is 2. The van der Waals surface area contributed by atoms with Crippen molar-refractivity contribution in [2.24, 2.45) is 0 Å². The van der Waals surface area contributed by atoms with Gasteiger partial charge >= 0.3 is 0 Å². The van der Waals surface area contributed by atoms with E-state index in [1.807, 2.05) is 32.0 Å². The topological polar surface area (TPSA) is 93.7 Å². The van der Waals surface area contributed by atoms with Crippen LogP contribution in [0, 0.1) is 13.8 Å². The fourth-order valence-corrected chi connectivity index (χ4v) is 4.16. The van der Waals surface area contributed by atoms with E-state index in [-0.39, 0.29) is 17.4 Å². The number of carbonyl (C=O) groups excluding carboxylic acids is 1. The third-order valence-corrected chi connectivity index (χ3v) is 5.91. The molecule has 0 atom stereocenters. The average Bonchev–Trinajstić information content (AvgIpc) is 2.74. The highest BCUT2D eigenvalue weighted by molar-refractivity contribution is 7.92. The Labute approximate surface area is 188 Å². The lowest BCUT2D eigenvalue weighted by molar-refractivity contribution is -0.118. The molecular weight excluding hydrogens is 428 g/mol. The van der Waals surface area contributed by atoms with Crippen molar-refractivity contribution >= 4 is 27.3 Å². The third-order valence-electron chi connectivity index (χ3n) is 4.53. The van der Waals surface area contributed by atoms with Crippen LogP contribution in [0.2, 0.25) is 0 Å². The van der Waals surface area contributed by atoms with Gasteiger partial charge in [0.1, 0.15) is 11.5 Å². The van der Waals surface area contributed by atoms with E-state index in [0.29, 0.717) is 35.0 Å². The van der Waals surface area contributed by atoms with Crippen LogP contribution in [0.15, 0.2) is 71.6 Å². The van der Waals surface area contributed by atoms with Crippen LogP contribution >= 0.6 is 0 Å². The van der Waals surface area contributed by atoms with E-state index in [0.717, 1.165) is 5.56 Å². The van der Waals surface area contributed by atoms with Crippen molar-refractivity contribution in [2.45, 2.75) is 25.7 Å². The molecule has 168 valence electrons. The summed E-state index contributed by atoms with van der Waals surface area (Å²) in [5.74, 6) is 0.799. The van der Waals surface area contributed by atoms with E-state index >= 15 is 0 Å². The number of aryl methyl sites for hydroxylation is 2. The molecule has 0 fully saturated rings. The zero-order valence-electron chi connectivity index (χ0n) is 18.2. The zero-order chi connectivity index (χ0) is 23.1. The van der Waals surface area contributed by atoms with Gasteiger partial charge in [-0.05, 0) is 86.5 Å². The monoisotopic (exact) mass is 454 g/mol. The van der Waals surface area contributed by atoms with Crippen LogP contribution in [0.4, 0.5) is 11.4 Å². The van der Waals surface area contributed by atoms with Crippen LogP contribution in [0.3, 0.4) is 0 Å². The van der Waals surface area contributed by atoms with E-state index in [9.17, 15) is 13.2 Å². The largest absolute Gasteiger partial charge is 0.494 e. The Kier molecular flexibility index (Phi) is 7.37. The normalized spacial score (nSPS) is 11.0. The Bertz CT molecular complexity index is 1190. The quantitative estimate of drug-likeness (QED) is 0.496. The number of rotatable bonds is 9. The smallest absolute Gasteiger partial charge is 0.262 e. The predicted molar refractivity (Wildman–Crippen MR) is 125 cm³/mol. The summed E-state index contributed by atoms with van der Waals surface area (Å²) in [6.07, 6.45) is 0. The molecule has 0 saturated carbocycles. The SMILES string of the molecule is CCOc1ccc(NS(=O)(=O)c2ccc(OCC(=O)Nc3cccc(C)c3)c(C)c2)cc1. The van der Waals surface area contributed by atoms with E-state index in [1.165, 1.54) is 12.1 Å². The number of hydrogen-bond acceptors (Lipinski definition) is 5. The van der Waals surface area contributed by atoms with E-state index < -0.39 is 10.0 Å². The fourth-order valence-electron chi connectivity index (χ4n) is 3.01. The molecule has 3 aromatic carbocycles. The average molecular weight is 455 g/mol. The number of anilines is 2. The van der Waals surface area contributed by atoms with Gasteiger partial charge in [0, 0.05) is 11.4 Å². The molecule has 0 radical (unpaired) electrons. The van der Waals surface area contributed by atoms with Crippen LogP contribution in [0.5, 0.6) is 11.5 Å². The summed E-state index contributed by atoms with van der Waals surface area (Å²) in [5.41, 5.74) is 2.76. The number of benzene rings is 3. The minimum Gasteiger partial charge on any atom is -0.494 e. The van der Waals surface area contributed by atoms with Crippen LogP contribution in [-0.4, -0.2) is 27.5 Å². The first-order chi connectivity index (χ1) is 15.3. The van der Waals surface area contributed by atoms with Crippen molar-refractivity contribution in [1.29, 1.82) is 0 Å². The summed E-state index contributed by atoms with van der Waals surface area (Å²) < 4.78 is 38.9. The van der Waals surface area contributed by atoms with Gasteiger partial charge in [-0.3, -0.25) is 9.52 Å². The molecule has 0 spiro atoms. The van der Waals surface area contributed by atoms with Crippen LogP contribution < -0.4 is 19.5 Å². The second-order valence-corrected chi connectivity index (χ2v) is 8.88. The highest BCUT2D eigenvalue weighted by Crippen LogP contribution is 2.24. The van der Waals surface area contributed by atoms with Crippen LogP contribution in [-0.2, 0) is 14.8 Å². The van der Waals surface area contributed by atoms with Crippen molar-refractivity contribution < 1.29 is 22.7 Å². The predicted octanol–water partition coefficient (Wildman–Crippen LogP) is 4.52. The molecule has 0 aliphatic carbocycles. The summed E-state index contributed by atoms with van der Waals surface area (Å²) in [6, 6.07) is 18.6. The Hall–Kier alpha value is -3.52. The van der Waals surface area contributed by atoms with Crippen LogP contribution in [0.1, 0.15) is 18.1 Å². The molecule has 2 N–H and O–H groups in total. The standard InChI is InChI=1S/C24H26N2O5S/c1-4-30-21-10-8-19(9-11-21)26-32(28,29)22-12-13-23(18(3)15-22)31-16-24(27)25-20-7-5-6-17(2)14-20/h5-15,26H,4,16H2,1-3H3,(H,25,27). The number of carbonyl (C=O) groups is 1. The first kappa shape index (κ1) is 23.1. The van der Waals surface area contributed by atoms with E-state index in [2.05, 4.69) is 10.0 Å². The molecule has 8 heteroatoms. The molecular formula is C24H26N2O5S. The van der Waals surface area contributed by atoms with Gasteiger partial charge in [-0.25, -0.2) is 8.42 Å². The van der Waals surface area contributed by atoms with Crippen molar-refractivity contribution in [3.8, 4) is 11.5 Å². The molecule has 0 bridgehead atoms. The molecule has 0 heterocycles. The first-order valence-electron chi connectivity index (χ1n) is 10.1. The minimum atomic E-state index is -3.78. The molecule has 3 rings (SSSR count). The fraction of sp³-hybridized carbons (Fsp3) is 0.208. The highest BCUT2D eigenvalue weighted by atomic mass is 32.2. The van der Waals surface area contributed by atoms with Crippen molar-refractivity contribution in [3.63, 3.8) is 0 Å². The van der Waals surface area contributed by atoms with E-state index in [1.54, 1.807) is 43.3 Å². The first-order valence-corrected chi connectivity index (χ1v) is 11.6. The number of ether oxygens (including phenoxy) is 2. The Morgan fingerprint density at radius 1 is 0.906 bits per heavy atom. The molecule has 0 saturated heterocycles. The summed E-state index contributed by atoms with van der Waals surface area (Å²) in [5, 5.41) is 2.77. The molecule has 1 amide bonds. The zero-order valence-corrected chi connectivity index (χ0v) is 19.0. The summed E-state index contributed by atoms with van der Waals surface area (Å²) in [6.45, 7) is 5.89. The lowest BCUT2D eigenvalue weighted by atomic mass is 10.2. The van der Waals surface area contributed by atoms with Gasteiger partial charge in [0.05, 0.1) is 11.5 Å². The summed E-state index contributed by atoms with van der Waals surface area (Å²) >= 11 is 0. The number of sulfonamides is 1. The molecule has 0 aliphatic rings. The third kappa shape index (κ3) is 6.24. The van der Waals surface area contributed by atoms with E-state index in [4.69, 9.17) is 9.47 Å². The summed E-state index contributed by atoms with van der Waals surface area (Å²) in [7, 11) is -3.78. The Balaban J connectivity index is 1.62. The highest BCUT2D eigenvalue weighted by Gasteiger charge is 2.16. The van der Waals surface area contributed by atoms with Gasteiger partial charge in [-0.1, -0.05) is 12.1 Å². The molecule has 0 aromatic heterocycles. The molecule has 0 unspecified atom stereocenters. The minimum absolute atomic E-state index is 0.0976. The molecule has 3 aromatic rings. The van der Waals surface area contributed by atoms with Gasteiger partial charge in [-0.15, -0.1) is 0 Å². The van der Waals surface area contributed by atoms with Gasteiger partial charge in [0.15, 0.2) is 6.61 Å². The van der Waals surface area contributed by atoms with Gasteiger partial charge in [0.2, 0.25) is 0 Å².